The van der Waals surface area contributed by atoms with E-state index in [1.165, 1.54) is 0 Å². The van der Waals surface area contributed by atoms with Gasteiger partial charge in [0.1, 0.15) is 5.69 Å². The maximum Gasteiger partial charge on any atom is 0.181 e. The molecule has 96 valence electrons. The second kappa shape index (κ2) is 6.05. The first-order valence-corrected chi connectivity index (χ1v) is 6.21. The number of Topliss-reactive ketones (excluding diaryl/α,β-unsaturated/α-hetero) is 2. The molecule has 0 radical (unpaired) electrons. The van der Waals surface area contributed by atoms with Gasteiger partial charge < -0.3 is 0 Å². The van der Waals surface area contributed by atoms with Crippen molar-refractivity contribution in [2.24, 2.45) is 0 Å². The van der Waals surface area contributed by atoms with Gasteiger partial charge in [0.25, 0.3) is 0 Å². The Morgan fingerprint density at radius 3 is 2.26 bits per heavy atom. The average molecular weight is 253 g/mol. The lowest BCUT2D eigenvalue weighted by Gasteiger charge is -2.01. The predicted molar refractivity (Wildman–Crippen MR) is 73.3 cm³/mol. The molecular formula is C16H15NO2. The van der Waals surface area contributed by atoms with Crippen LogP contribution < -0.4 is 0 Å². The van der Waals surface area contributed by atoms with Crippen LogP contribution in [0.2, 0.25) is 0 Å². The minimum atomic E-state index is -0.0962. The SMILES string of the molecule is Cc1ccc(C(=O)CCC(=O)c2ccccn2)cc1. The minimum Gasteiger partial charge on any atom is -0.294 e. The van der Waals surface area contributed by atoms with Crippen molar-refractivity contribution in [3.8, 4) is 0 Å². The van der Waals surface area contributed by atoms with E-state index < -0.39 is 0 Å². The van der Waals surface area contributed by atoms with Gasteiger partial charge in [-0.2, -0.15) is 0 Å². The Labute approximate surface area is 112 Å². The fourth-order valence-corrected chi connectivity index (χ4v) is 1.77. The highest BCUT2D eigenvalue weighted by Gasteiger charge is 2.11. The Morgan fingerprint density at radius 2 is 1.63 bits per heavy atom. The second-order valence-corrected chi connectivity index (χ2v) is 4.43. The molecule has 0 aliphatic carbocycles. The molecule has 19 heavy (non-hydrogen) atoms. The van der Waals surface area contributed by atoms with Gasteiger partial charge >= 0.3 is 0 Å². The van der Waals surface area contributed by atoms with Crippen LogP contribution in [0, 0.1) is 6.92 Å². The largest absolute Gasteiger partial charge is 0.294 e. The first-order valence-electron chi connectivity index (χ1n) is 6.21. The Morgan fingerprint density at radius 1 is 0.947 bits per heavy atom. The number of pyridine rings is 1. The molecule has 3 heteroatoms. The van der Waals surface area contributed by atoms with Gasteiger partial charge in [0.15, 0.2) is 11.6 Å². The number of hydrogen-bond acceptors (Lipinski definition) is 3. The van der Waals surface area contributed by atoms with Crippen LogP contribution in [0.1, 0.15) is 39.3 Å². The fourth-order valence-electron chi connectivity index (χ4n) is 1.77. The summed E-state index contributed by atoms with van der Waals surface area (Å²) in [5.74, 6) is -0.106. The van der Waals surface area contributed by atoms with Crippen LogP contribution in [0.5, 0.6) is 0 Å². The molecular weight excluding hydrogens is 238 g/mol. The van der Waals surface area contributed by atoms with Crippen molar-refractivity contribution in [1.82, 2.24) is 4.98 Å². The Bertz CT molecular complexity index is 573. The van der Waals surface area contributed by atoms with Gasteiger partial charge in [0.05, 0.1) is 0 Å². The standard InChI is InChI=1S/C16H15NO2/c1-12-5-7-13(8-6-12)15(18)9-10-16(19)14-4-2-3-11-17-14/h2-8,11H,9-10H2,1H3. The molecule has 0 fully saturated rings. The van der Waals surface area contributed by atoms with E-state index in [9.17, 15) is 9.59 Å². The maximum atomic E-state index is 11.9. The lowest BCUT2D eigenvalue weighted by molar-refractivity contribution is 0.0915. The lowest BCUT2D eigenvalue weighted by atomic mass is 10.0. The zero-order valence-electron chi connectivity index (χ0n) is 10.8. The van der Waals surface area contributed by atoms with Crippen molar-refractivity contribution in [1.29, 1.82) is 0 Å². The van der Waals surface area contributed by atoms with Gasteiger partial charge in [0, 0.05) is 24.6 Å². The molecule has 1 aromatic carbocycles. The summed E-state index contributed by atoms with van der Waals surface area (Å²) >= 11 is 0. The summed E-state index contributed by atoms with van der Waals surface area (Å²) in [7, 11) is 0. The number of ketones is 2. The molecule has 2 aromatic rings. The number of benzene rings is 1. The molecule has 3 nitrogen and oxygen atoms in total. The molecule has 0 saturated carbocycles. The van der Waals surface area contributed by atoms with E-state index in [1.54, 1.807) is 36.5 Å². The first kappa shape index (κ1) is 13.1. The van der Waals surface area contributed by atoms with Crippen LogP contribution in [0.3, 0.4) is 0 Å². The molecule has 0 spiro atoms. The molecule has 1 heterocycles. The Balaban J connectivity index is 1.94. The number of hydrogen-bond donors (Lipinski definition) is 0. The van der Waals surface area contributed by atoms with E-state index in [0.717, 1.165) is 5.56 Å². The van der Waals surface area contributed by atoms with E-state index in [1.807, 2.05) is 19.1 Å². The number of aromatic nitrogens is 1. The van der Waals surface area contributed by atoms with E-state index in [0.29, 0.717) is 11.3 Å². The topological polar surface area (TPSA) is 47.0 Å². The third-order valence-electron chi connectivity index (χ3n) is 2.90. The molecule has 0 N–H and O–H groups in total. The fraction of sp³-hybridized carbons (Fsp3) is 0.188. The number of nitrogens with zero attached hydrogens (tertiary/aromatic N) is 1. The predicted octanol–water partition coefficient (Wildman–Crippen LogP) is 3.24. The smallest absolute Gasteiger partial charge is 0.181 e. The molecule has 0 unspecified atom stereocenters. The first-order chi connectivity index (χ1) is 9.16. The van der Waals surface area contributed by atoms with Crippen LogP contribution in [0.4, 0.5) is 0 Å². The number of rotatable bonds is 5. The monoisotopic (exact) mass is 253 g/mol. The zero-order valence-corrected chi connectivity index (χ0v) is 10.8. The summed E-state index contributed by atoms with van der Waals surface area (Å²) in [5.41, 5.74) is 2.18. The van der Waals surface area contributed by atoms with Crippen molar-refractivity contribution in [2.75, 3.05) is 0 Å². The van der Waals surface area contributed by atoms with Gasteiger partial charge in [-0.25, -0.2) is 0 Å². The summed E-state index contributed by atoms with van der Waals surface area (Å²) in [6.45, 7) is 1.97. The normalized spacial score (nSPS) is 10.2. The molecule has 0 bridgehead atoms. The highest BCUT2D eigenvalue weighted by molar-refractivity contribution is 6.01. The number of carbonyl (C=O) groups excluding carboxylic acids is 2. The van der Waals surface area contributed by atoms with Crippen molar-refractivity contribution in [2.45, 2.75) is 19.8 Å². The van der Waals surface area contributed by atoms with E-state index in [2.05, 4.69) is 4.98 Å². The highest BCUT2D eigenvalue weighted by Crippen LogP contribution is 2.09. The van der Waals surface area contributed by atoms with Crippen LogP contribution >= 0.6 is 0 Å². The third kappa shape index (κ3) is 3.58. The molecule has 0 saturated heterocycles. The van der Waals surface area contributed by atoms with Crippen LogP contribution in [-0.2, 0) is 0 Å². The molecule has 0 aliphatic rings. The summed E-state index contributed by atoms with van der Waals surface area (Å²) in [6.07, 6.45) is 2.00. The van der Waals surface area contributed by atoms with Crippen molar-refractivity contribution >= 4 is 11.6 Å². The molecule has 0 aliphatic heterocycles. The lowest BCUT2D eigenvalue weighted by Crippen LogP contribution is -2.06. The third-order valence-corrected chi connectivity index (χ3v) is 2.90. The Kier molecular flexibility index (Phi) is 4.18. The highest BCUT2D eigenvalue weighted by atomic mass is 16.1. The summed E-state index contributed by atoms with van der Waals surface area (Å²) in [6, 6.07) is 12.6. The maximum absolute atomic E-state index is 11.9. The van der Waals surface area contributed by atoms with Crippen molar-refractivity contribution in [3.63, 3.8) is 0 Å². The van der Waals surface area contributed by atoms with Crippen LogP contribution in [0.15, 0.2) is 48.7 Å². The van der Waals surface area contributed by atoms with Gasteiger partial charge in [-0.3, -0.25) is 14.6 Å². The second-order valence-electron chi connectivity index (χ2n) is 4.43. The van der Waals surface area contributed by atoms with Gasteiger partial charge in [0.2, 0.25) is 0 Å². The summed E-state index contributed by atoms with van der Waals surface area (Å²) in [4.78, 5) is 27.7. The molecule has 0 atom stereocenters. The summed E-state index contributed by atoms with van der Waals surface area (Å²) < 4.78 is 0. The number of carbonyl (C=O) groups is 2. The Hall–Kier alpha value is -2.29. The van der Waals surface area contributed by atoms with Gasteiger partial charge in [-0.1, -0.05) is 35.9 Å². The summed E-state index contributed by atoms with van der Waals surface area (Å²) in [5, 5.41) is 0. The number of aryl methyl sites for hydroxylation is 1. The van der Waals surface area contributed by atoms with Crippen molar-refractivity contribution in [3.05, 3.63) is 65.5 Å². The van der Waals surface area contributed by atoms with Gasteiger partial charge in [-0.05, 0) is 19.1 Å². The molecule has 0 amide bonds. The van der Waals surface area contributed by atoms with Crippen molar-refractivity contribution < 1.29 is 9.59 Å². The quantitative estimate of drug-likeness (QED) is 0.768. The van der Waals surface area contributed by atoms with Crippen LogP contribution in [-0.4, -0.2) is 16.6 Å². The molecule has 2 rings (SSSR count). The van der Waals surface area contributed by atoms with Crippen LogP contribution in [0.25, 0.3) is 0 Å². The van der Waals surface area contributed by atoms with E-state index in [4.69, 9.17) is 0 Å². The average Bonchev–Trinajstić information content (AvgIpc) is 2.46. The van der Waals surface area contributed by atoms with E-state index in [-0.39, 0.29) is 24.4 Å². The minimum absolute atomic E-state index is 0.00992. The molecule has 1 aromatic heterocycles. The van der Waals surface area contributed by atoms with E-state index >= 15 is 0 Å². The zero-order chi connectivity index (χ0) is 13.7. The van der Waals surface area contributed by atoms with Gasteiger partial charge in [-0.15, -0.1) is 0 Å².